The maximum absolute atomic E-state index is 11.2. The predicted molar refractivity (Wildman–Crippen MR) is 64.1 cm³/mol. The second-order valence-corrected chi connectivity index (χ2v) is 3.50. The number of ketones is 1. The van der Waals surface area contributed by atoms with Crippen LogP contribution in [-0.4, -0.2) is 37.1 Å². The summed E-state index contributed by atoms with van der Waals surface area (Å²) < 4.78 is 0. The van der Waals surface area contributed by atoms with Crippen molar-refractivity contribution in [1.82, 2.24) is 5.32 Å². The fourth-order valence-electron chi connectivity index (χ4n) is 1.12. The van der Waals surface area contributed by atoms with E-state index in [0.717, 1.165) is 0 Å². The third-order valence-electron chi connectivity index (χ3n) is 2.04. The van der Waals surface area contributed by atoms with Gasteiger partial charge in [0.15, 0.2) is 5.78 Å². The van der Waals surface area contributed by atoms with Crippen LogP contribution in [0.2, 0.25) is 0 Å². The van der Waals surface area contributed by atoms with E-state index in [-0.39, 0.29) is 18.2 Å². The van der Waals surface area contributed by atoms with Gasteiger partial charge in [0.25, 0.3) is 0 Å². The molecule has 0 aliphatic rings. The molecule has 1 amide bonds. The minimum absolute atomic E-state index is 0.0304. The molecule has 17 heavy (non-hydrogen) atoms. The van der Waals surface area contributed by atoms with Crippen molar-refractivity contribution in [2.45, 2.75) is 25.3 Å². The lowest BCUT2D eigenvalue weighted by Crippen LogP contribution is -2.41. The lowest BCUT2D eigenvalue weighted by molar-refractivity contribution is -0.123. The number of hydrogen-bond acceptors (Lipinski definition) is 5. The first kappa shape index (κ1) is 15.5. The van der Waals surface area contributed by atoms with Gasteiger partial charge in [0.05, 0.1) is 12.6 Å². The van der Waals surface area contributed by atoms with Crippen molar-refractivity contribution < 1.29 is 14.4 Å². The van der Waals surface area contributed by atoms with Crippen molar-refractivity contribution in [3.05, 3.63) is 12.2 Å². The van der Waals surface area contributed by atoms with Crippen LogP contribution in [0.4, 0.5) is 0 Å². The Balaban J connectivity index is 3.76. The normalized spacial score (nSPS) is 12.4. The molecular formula is C11H19N3O3. The van der Waals surface area contributed by atoms with E-state index in [0.29, 0.717) is 32.1 Å². The van der Waals surface area contributed by atoms with Crippen LogP contribution in [0.5, 0.6) is 0 Å². The highest BCUT2D eigenvalue weighted by atomic mass is 16.2. The van der Waals surface area contributed by atoms with Crippen LogP contribution < -0.4 is 16.8 Å². The molecule has 0 bridgehead atoms. The number of nitrogens with two attached hydrogens (primary N) is 2. The lowest BCUT2D eigenvalue weighted by atomic mass is 10.1. The number of aldehydes is 1. The molecule has 96 valence electrons. The molecular weight excluding hydrogens is 222 g/mol. The SMILES string of the molecule is NCCC(=O)/C=C/CCC(N)C(=O)NCC=O. The monoisotopic (exact) mass is 241 g/mol. The number of allylic oxidation sites excluding steroid dienone is 2. The first-order valence-electron chi connectivity index (χ1n) is 5.48. The zero-order valence-electron chi connectivity index (χ0n) is 9.72. The van der Waals surface area contributed by atoms with E-state index in [1.807, 2.05) is 0 Å². The Labute approximate surface area is 100 Å². The van der Waals surface area contributed by atoms with E-state index in [9.17, 15) is 14.4 Å². The van der Waals surface area contributed by atoms with Crippen LogP contribution in [-0.2, 0) is 14.4 Å². The van der Waals surface area contributed by atoms with E-state index in [1.54, 1.807) is 6.08 Å². The highest BCUT2D eigenvalue weighted by molar-refractivity contribution is 5.89. The molecule has 0 saturated carbocycles. The van der Waals surface area contributed by atoms with Gasteiger partial charge in [0.1, 0.15) is 6.29 Å². The van der Waals surface area contributed by atoms with Gasteiger partial charge in [-0.3, -0.25) is 9.59 Å². The second kappa shape index (κ2) is 9.68. The van der Waals surface area contributed by atoms with Crippen molar-refractivity contribution in [2.24, 2.45) is 11.5 Å². The third kappa shape index (κ3) is 8.29. The predicted octanol–water partition coefficient (Wildman–Crippen LogP) is -1.12. The summed E-state index contributed by atoms with van der Waals surface area (Å²) in [7, 11) is 0. The molecule has 0 rings (SSSR count). The summed E-state index contributed by atoms with van der Waals surface area (Å²) in [5.74, 6) is -0.398. The van der Waals surface area contributed by atoms with E-state index in [1.165, 1.54) is 6.08 Å². The molecule has 0 saturated heterocycles. The largest absolute Gasteiger partial charge is 0.348 e. The zero-order valence-corrected chi connectivity index (χ0v) is 9.72. The fourth-order valence-corrected chi connectivity index (χ4v) is 1.12. The molecule has 0 aliphatic heterocycles. The zero-order chi connectivity index (χ0) is 13.1. The summed E-state index contributed by atoms with van der Waals surface area (Å²) in [6, 6.07) is -0.663. The van der Waals surface area contributed by atoms with E-state index >= 15 is 0 Å². The molecule has 0 aromatic rings. The van der Waals surface area contributed by atoms with Crippen LogP contribution in [0.3, 0.4) is 0 Å². The Morgan fingerprint density at radius 3 is 2.65 bits per heavy atom. The van der Waals surface area contributed by atoms with Crippen molar-refractivity contribution >= 4 is 18.0 Å². The van der Waals surface area contributed by atoms with Crippen LogP contribution in [0.1, 0.15) is 19.3 Å². The average Bonchev–Trinajstić information content (AvgIpc) is 2.31. The van der Waals surface area contributed by atoms with Crippen LogP contribution in [0.15, 0.2) is 12.2 Å². The van der Waals surface area contributed by atoms with Crippen LogP contribution in [0, 0.1) is 0 Å². The number of carbonyl (C=O) groups excluding carboxylic acids is 3. The molecule has 0 spiro atoms. The van der Waals surface area contributed by atoms with Gasteiger partial charge < -0.3 is 21.6 Å². The van der Waals surface area contributed by atoms with Gasteiger partial charge in [-0.15, -0.1) is 0 Å². The number of hydrogen-bond donors (Lipinski definition) is 3. The number of carbonyl (C=O) groups is 3. The van der Waals surface area contributed by atoms with Gasteiger partial charge in [0, 0.05) is 6.42 Å². The Morgan fingerprint density at radius 2 is 2.06 bits per heavy atom. The van der Waals surface area contributed by atoms with Gasteiger partial charge in [0.2, 0.25) is 5.91 Å². The Bertz CT molecular complexity index is 290. The molecule has 0 heterocycles. The van der Waals surface area contributed by atoms with Gasteiger partial charge in [-0.2, -0.15) is 0 Å². The van der Waals surface area contributed by atoms with Gasteiger partial charge in [-0.25, -0.2) is 0 Å². The molecule has 1 atom stereocenters. The number of nitrogens with one attached hydrogen (secondary N) is 1. The minimum atomic E-state index is -0.663. The smallest absolute Gasteiger partial charge is 0.237 e. The summed E-state index contributed by atoms with van der Waals surface area (Å²) in [6.45, 7) is 0.300. The Hall–Kier alpha value is -1.53. The van der Waals surface area contributed by atoms with Crippen LogP contribution >= 0.6 is 0 Å². The molecule has 5 N–H and O–H groups in total. The fraction of sp³-hybridized carbons (Fsp3) is 0.545. The standard InChI is InChI=1S/C11H19N3O3/c12-6-5-9(16)3-1-2-4-10(13)11(17)14-7-8-15/h1,3,8,10H,2,4-7,12-13H2,(H,14,17)/b3-1+. The van der Waals surface area contributed by atoms with Gasteiger partial charge in [-0.1, -0.05) is 6.08 Å². The Morgan fingerprint density at radius 1 is 1.35 bits per heavy atom. The molecule has 0 aromatic heterocycles. The summed E-state index contributed by atoms with van der Waals surface area (Å²) in [6.07, 6.45) is 5.00. The average molecular weight is 241 g/mol. The highest BCUT2D eigenvalue weighted by Gasteiger charge is 2.10. The molecule has 0 radical (unpaired) electrons. The molecule has 0 fully saturated rings. The Kier molecular flexibility index (Phi) is 8.81. The van der Waals surface area contributed by atoms with Crippen molar-refractivity contribution in [3.8, 4) is 0 Å². The maximum atomic E-state index is 11.2. The minimum Gasteiger partial charge on any atom is -0.348 e. The van der Waals surface area contributed by atoms with E-state index < -0.39 is 6.04 Å². The van der Waals surface area contributed by atoms with Gasteiger partial charge in [-0.05, 0) is 25.5 Å². The van der Waals surface area contributed by atoms with Crippen molar-refractivity contribution in [3.63, 3.8) is 0 Å². The topological polar surface area (TPSA) is 115 Å². The summed E-state index contributed by atoms with van der Waals surface area (Å²) in [5, 5.41) is 2.36. The quantitative estimate of drug-likeness (QED) is 0.349. The maximum Gasteiger partial charge on any atom is 0.237 e. The van der Waals surface area contributed by atoms with Crippen LogP contribution in [0.25, 0.3) is 0 Å². The first-order valence-corrected chi connectivity index (χ1v) is 5.48. The van der Waals surface area contributed by atoms with E-state index in [4.69, 9.17) is 11.5 Å². The molecule has 6 heteroatoms. The molecule has 0 aromatic carbocycles. The first-order chi connectivity index (χ1) is 8.11. The lowest BCUT2D eigenvalue weighted by Gasteiger charge is -2.08. The van der Waals surface area contributed by atoms with E-state index in [2.05, 4.69) is 5.32 Å². The highest BCUT2D eigenvalue weighted by Crippen LogP contribution is 1.97. The van der Waals surface area contributed by atoms with Gasteiger partial charge >= 0.3 is 0 Å². The molecule has 6 nitrogen and oxygen atoms in total. The molecule has 1 unspecified atom stereocenters. The number of amides is 1. The second-order valence-electron chi connectivity index (χ2n) is 3.50. The summed E-state index contributed by atoms with van der Waals surface area (Å²) in [5.41, 5.74) is 10.8. The van der Waals surface area contributed by atoms with Crippen molar-refractivity contribution in [2.75, 3.05) is 13.1 Å². The third-order valence-corrected chi connectivity index (χ3v) is 2.04. The molecule has 0 aliphatic carbocycles. The summed E-state index contributed by atoms with van der Waals surface area (Å²) in [4.78, 5) is 32.3. The van der Waals surface area contributed by atoms with Crippen molar-refractivity contribution in [1.29, 1.82) is 0 Å². The number of rotatable bonds is 9. The summed E-state index contributed by atoms with van der Waals surface area (Å²) >= 11 is 0.